The molecule has 6 nitrogen and oxygen atoms in total. The van der Waals surface area contributed by atoms with Gasteiger partial charge in [-0.3, -0.25) is 10.1 Å². The van der Waals surface area contributed by atoms with Gasteiger partial charge in [-0.25, -0.2) is 0 Å². The third-order valence-electron chi connectivity index (χ3n) is 4.46. The molecular weight excluding hydrogens is 543 g/mol. The second-order valence-electron chi connectivity index (χ2n) is 6.62. The van der Waals surface area contributed by atoms with Crippen molar-refractivity contribution in [3.8, 4) is 17.6 Å². The molecule has 0 saturated carbocycles. The van der Waals surface area contributed by atoms with Crippen LogP contribution in [0.25, 0.3) is 11.6 Å². The highest BCUT2D eigenvalue weighted by molar-refractivity contribution is 14.1. The van der Waals surface area contributed by atoms with Crippen LogP contribution in [-0.4, -0.2) is 11.5 Å². The highest BCUT2D eigenvalue weighted by Gasteiger charge is 2.14. The smallest absolute Gasteiger partial charge is 0.269 e. The topological polar surface area (TPSA) is 85.4 Å². The molecule has 0 heterocycles. The largest absolute Gasteiger partial charge is 0.490 e. The van der Waals surface area contributed by atoms with Gasteiger partial charge in [0.25, 0.3) is 5.69 Å². The van der Waals surface area contributed by atoms with Crippen LogP contribution >= 0.6 is 34.2 Å². The number of rotatable bonds is 8. The second-order valence-corrected chi connectivity index (χ2v) is 8.19. The monoisotopic (exact) mass is 560 g/mol. The summed E-state index contributed by atoms with van der Waals surface area (Å²) >= 11 is 8.41. The molecule has 3 aromatic carbocycles. The summed E-state index contributed by atoms with van der Waals surface area (Å²) < 4.78 is 12.6. The summed E-state index contributed by atoms with van der Waals surface area (Å²) in [6.07, 6.45) is 1.76. The zero-order valence-electron chi connectivity index (χ0n) is 17.0. The Morgan fingerprint density at radius 1 is 1.19 bits per heavy atom. The van der Waals surface area contributed by atoms with Crippen molar-refractivity contribution in [2.75, 3.05) is 6.61 Å². The highest BCUT2D eigenvalue weighted by atomic mass is 127. The summed E-state index contributed by atoms with van der Waals surface area (Å²) in [5, 5.41) is 21.0. The number of ether oxygens (including phenoxy) is 2. The molecule has 0 aliphatic rings. The van der Waals surface area contributed by atoms with Crippen LogP contribution in [0.15, 0.2) is 60.7 Å². The van der Waals surface area contributed by atoms with Gasteiger partial charge in [-0.15, -0.1) is 0 Å². The van der Waals surface area contributed by atoms with Crippen molar-refractivity contribution in [1.29, 1.82) is 5.26 Å². The minimum Gasteiger partial charge on any atom is -0.490 e. The number of allylic oxidation sites excluding steroid dienone is 1. The van der Waals surface area contributed by atoms with Gasteiger partial charge in [-0.2, -0.15) is 5.26 Å². The molecule has 0 unspecified atom stereocenters. The zero-order chi connectivity index (χ0) is 23.1. The Balaban J connectivity index is 1.90. The number of nitro benzene ring substituents is 1. The fourth-order valence-electron chi connectivity index (χ4n) is 2.96. The summed E-state index contributed by atoms with van der Waals surface area (Å²) in [6, 6.07) is 19.3. The number of nitro groups is 1. The molecule has 0 aliphatic carbocycles. The number of benzene rings is 3. The van der Waals surface area contributed by atoms with Crippen LogP contribution in [0, 0.1) is 25.0 Å². The Morgan fingerprint density at radius 2 is 1.91 bits per heavy atom. The van der Waals surface area contributed by atoms with Gasteiger partial charge in [0.15, 0.2) is 11.5 Å². The molecule has 0 bridgehead atoms. The van der Waals surface area contributed by atoms with E-state index in [0.717, 1.165) is 14.7 Å². The van der Waals surface area contributed by atoms with Crippen LogP contribution < -0.4 is 9.47 Å². The van der Waals surface area contributed by atoms with Crippen molar-refractivity contribution in [2.45, 2.75) is 13.5 Å². The molecule has 0 saturated heterocycles. The normalized spacial score (nSPS) is 11.0. The standard InChI is InChI=1S/C24H18ClIN2O4/c1-2-31-23-13-17(11-18(14-27)20-5-3-4-6-21(20)25)12-22(26)24(23)32-15-16-7-9-19(10-8-16)28(29)30/h3-13H,2,15H2,1H3. The lowest BCUT2D eigenvalue weighted by Crippen LogP contribution is -2.02. The van der Waals surface area contributed by atoms with Crippen molar-refractivity contribution < 1.29 is 14.4 Å². The van der Waals surface area contributed by atoms with Gasteiger partial charge in [-0.05, 0) is 77.0 Å². The molecule has 8 heteroatoms. The van der Waals surface area contributed by atoms with E-state index in [4.69, 9.17) is 21.1 Å². The molecule has 0 N–H and O–H groups in total. The number of nitrogens with zero attached hydrogens (tertiary/aromatic N) is 2. The Morgan fingerprint density at radius 3 is 2.53 bits per heavy atom. The molecule has 3 aromatic rings. The predicted octanol–water partition coefficient (Wildman–Crippen LogP) is 6.89. The Bertz CT molecular complexity index is 1200. The summed E-state index contributed by atoms with van der Waals surface area (Å²) in [6.45, 7) is 2.54. The lowest BCUT2D eigenvalue weighted by molar-refractivity contribution is -0.384. The van der Waals surface area contributed by atoms with E-state index in [-0.39, 0.29) is 12.3 Å². The molecule has 0 aliphatic heterocycles. The summed E-state index contributed by atoms with van der Waals surface area (Å²) in [4.78, 5) is 10.4. The van der Waals surface area contributed by atoms with E-state index in [1.807, 2.05) is 31.2 Å². The van der Waals surface area contributed by atoms with Crippen LogP contribution in [0.4, 0.5) is 5.69 Å². The molecule has 3 rings (SSSR count). The third kappa shape index (κ3) is 5.78. The number of hydrogen-bond acceptors (Lipinski definition) is 5. The van der Waals surface area contributed by atoms with Crippen molar-refractivity contribution >= 4 is 51.5 Å². The molecule has 162 valence electrons. The highest BCUT2D eigenvalue weighted by Crippen LogP contribution is 2.36. The lowest BCUT2D eigenvalue weighted by atomic mass is 10.0. The molecule has 0 spiro atoms. The first-order valence-corrected chi connectivity index (χ1v) is 11.1. The Kier molecular flexibility index (Phi) is 8.09. The summed E-state index contributed by atoms with van der Waals surface area (Å²) in [7, 11) is 0. The Hall–Kier alpha value is -3.09. The van der Waals surface area contributed by atoms with Gasteiger partial charge in [0.05, 0.1) is 26.7 Å². The van der Waals surface area contributed by atoms with Crippen molar-refractivity contribution in [2.24, 2.45) is 0 Å². The molecular formula is C24H18ClIN2O4. The van der Waals surface area contributed by atoms with Crippen LogP contribution in [-0.2, 0) is 6.61 Å². The molecule has 0 amide bonds. The van der Waals surface area contributed by atoms with Crippen LogP contribution in [0.2, 0.25) is 5.02 Å². The van der Waals surface area contributed by atoms with Crippen molar-refractivity contribution in [3.63, 3.8) is 0 Å². The fraction of sp³-hybridized carbons (Fsp3) is 0.125. The van der Waals surface area contributed by atoms with Gasteiger partial charge in [-0.1, -0.05) is 29.8 Å². The average molecular weight is 561 g/mol. The summed E-state index contributed by atoms with van der Waals surface area (Å²) in [5.74, 6) is 1.11. The first-order chi connectivity index (χ1) is 15.4. The van der Waals surface area contributed by atoms with Crippen molar-refractivity contribution in [1.82, 2.24) is 0 Å². The molecule has 32 heavy (non-hydrogen) atoms. The molecule has 0 fully saturated rings. The van der Waals surface area contributed by atoms with Crippen LogP contribution in [0.1, 0.15) is 23.6 Å². The maximum atomic E-state index is 10.8. The number of nitriles is 1. The first kappa shape index (κ1) is 23.6. The lowest BCUT2D eigenvalue weighted by Gasteiger charge is -2.15. The number of hydrogen-bond donors (Lipinski definition) is 0. The van der Waals surface area contributed by atoms with E-state index >= 15 is 0 Å². The summed E-state index contributed by atoms with van der Waals surface area (Å²) in [5.41, 5.74) is 2.69. The minimum atomic E-state index is -0.439. The van der Waals surface area contributed by atoms with E-state index in [1.165, 1.54) is 12.1 Å². The fourth-order valence-corrected chi connectivity index (χ4v) is 3.98. The Labute approximate surface area is 204 Å². The van der Waals surface area contributed by atoms with Crippen LogP contribution in [0.5, 0.6) is 11.5 Å². The van der Waals surface area contributed by atoms with E-state index < -0.39 is 4.92 Å². The van der Waals surface area contributed by atoms with Crippen LogP contribution in [0.3, 0.4) is 0 Å². The van der Waals surface area contributed by atoms with Gasteiger partial charge in [0.1, 0.15) is 6.61 Å². The zero-order valence-corrected chi connectivity index (χ0v) is 20.0. The minimum absolute atomic E-state index is 0.0290. The van der Waals surface area contributed by atoms with E-state index in [1.54, 1.807) is 30.3 Å². The maximum Gasteiger partial charge on any atom is 0.269 e. The van der Waals surface area contributed by atoms with Gasteiger partial charge < -0.3 is 9.47 Å². The SMILES string of the molecule is CCOc1cc(C=C(C#N)c2ccccc2Cl)cc(I)c1OCc1ccc([N+](=O)[O-])cc1. The molecule has 0 atom stereocenters. The second kappa shape index (κ2) is 11.0. The first-order valence-electron chi connectivity index (χ1n) is 9.62. The molecule has 0 radical (unpaired) electrons. The number of non-ortho nitro benzene ring substituents is 1. The van der Waals surface area contributed by atoms with E-state index in [0.29, 0.717) is 34.3 Å². The third-order valence-corrected chi connectivity index (χ3v) is 5.59. The average Bonchev–Trinajstić information content (AvgIpc) is 2.78. The number of halogens is 2. The predicted molar refractivity (Wildman–Crippen MR) is 133 cm³/mol. The molecule has 0 aromatic heterocycles. The van der Waals surface area contributed by atoms with Gasteiger partial charge in [0.2, 0.25) is 0 Å². The van der Waals surface area contributed by atoms with Gasteiger partial charge in [0, 0.05) is 22.7 Å². The van der Waals surface area contributed by atoms with E-state index in [9.17, 15) is 15.4 Å². The maximum absolute atomic E-state index is 10.8. The van der Waals surface area contributed by atoms with Gasteiger partial charge >= 0.3 is 0 Å². The van der Waals surface area contributed by atoms with Crippen molar-refractivity contribution in [3.05, 3.63) is 96.1 Å². The quantitative estimate of drug-likeness (QED) is 0.0984. The van der Waals surface area contributed by atoms with E-state index in [2.05, 4.69) is 28.7 Å².